The first-order valence-corrected chi connectivity index (χ1v) is 5.12. The van der Waals surface area contributed by atoms with Crippen molar-refractivity contribution >= 4 is 5.82 Å². The topological polar surface area (TPSA) is 54.7 Å². The van der Waals surface area contributed by atoms with Crippen LogP contribution in [-0.2, 0) is 6.42 Å². The van der Waals surface area contributed by atoms with E-state index in [1.54, 1.807) is 0 Å². The van der Waals surface area contributed by atoms with E-state index in [9.17, 15) is 0 Å². The summed E-state index contributed by atoms with van der Waals surface area (Å²) in [5, 5.41) is 6.88. The summed E-state index contributed by atoms with van der Waals surface area (Å²) in [6, 6.07) is 8.43. The van der Waals surface area contributed by atoms with Crippen LogP contribution in [0.3, 0.4) is 0 Å². The Hall–Kier alpha value is -1.77. The van der Waals surface area contributed by atoms with Crippen molar-refractivity contribution in [2.45, 2.75) is 20.3 Å². The molecular weight excluding hydrogens is 186 g/mol. The number of anilines is 1. The van der Waals surface area contributed by atoms with Crippen LogP contribution in [0.4, 0.5) is 5.82 Å². The van der Waals surface area contributed by atoms with Crippen LogP contribution in [0, 0.1) is 6.92 Å². The van der Waals surface area contributed by atoms with Gasteiger partial charge < -0.3 is 5.73 Å². The number of aryl methyl sites for hydroxylation is 2. The molecule has 0 fully saturated rings. The van der Waals surface area contributed by atoms with Gasteiger partial charge in [0.25, 0.3) is 0 Å². The molecule has 2 aromatic rings. The number of H-pyrrole nitrogens is 1. The first-order chi connectivity index (χ1) is 7.22. The van der Waals surface area contributed by atoms with Crippen molar-refractivity contribution in [1.82, 2.24) is 10.2 Å². The Bertz CT molecular complexity index is 435. The van der Waals surface area contributed by atoms with Gasteiger partial charge in [-0.25, -0.2) is 0 Å². The number of nitrogens with two attached hydrogens (primary N) is 1. The minimum absolute atomic E-state index is 0.566. The molecule has 3 N–H and O–H groups in total. The van der Waals surface area contributed by atoms with Gasteiger partial charge in [0.15, 0.2) is 5.82 Å². The number of nitrogens with one attached hydrogen (secondary N) is 1. The highest BCUT2D eigenvalue weighted by molar-refractivity contribution is 5.76. The Labute approximate surface area is 89.3 Å². The number of nitrogens with zero attached hydrogens (tertiary/aromatic N) is 1. The minimum Gasteiger partial charge on any atom is -0.382 e. The molecule has 1 aromatic heterocycles. The molecule has 0 bridgehead atoms. The van der Waals surface area contributed by atoms with Crippen molar-refractivity contribution in [3.05, 3.63) is 35.5 Å². The van der Waals surface area contributed by atoms with Crippen LogP contribution in [0.25, 0.3) is 11.1 Å². The van der Waals surface area contributed by atoms with Crippen LogP contribution in [0.5, 0.6) is 0 Å². The van der Waals surface area contributed by atoms with E-state index in [1.807, 2.05) is 6.92 Å². The third-order valence-corrected chi connectivity index (χ3v) is 2.63. The molecule has 0 aliphatic rings. The molecule has 2 rings (SSSR count). The van der Waals surface area contributed by atoms with Crippen LogP contribution in [0.15, 0.2) is 24.3 Å². The lowest BCUT2D eigenvalue weighted by Gasteiger charge is -2.02. The van der Waals surface area contributed by atoms with E-state index in [0.717, 1.165) is 23.2 Å². The van der Waals surface area contributed by atoms with Crippen molar-refractivity contribution < 1.29 is 0 Å². The summed E-state index contributed by atoms with van der Waals surface area (Å²) in [5.74, 6) is 0.566. The molecular formula is C12H15N3. The summed E-state index contributed by atoms with van der Waals surface area (Å²) < 4.78 is 0. The standard InChI is InChI=1S/C12H15N3/c1-3-9-4-6-10(7-5-9)11-8(2)14-15-12(11)13/h4-7H,3H2,1-2H3,(H3,13,14,15). The fraction of sp³-hybridized carbons (Fsp3) is 0.250. The van der Waals surface area contributed by atoms with Crippen molar-refractivity contribution in [3.8, 4) is 11.1 Å². The molecule has 0 radical (unpaired) electrons. The molecule has 0 unspecified atom stereocenters. The van der Waals surface area contributed by atoms with Crippen molar-refractivity contribution in [2.75, 3.05) is 5.73 Å². The second-order valence-electron chi connectivity index (χ2n) is 3.66. The van der Waals surface area contributed by atoms with E-state index >= 15 is 0 Å². The Morgan fingerprint density at radius 2 is 1.93 bits per heavy atom. The number of hydrogen-bond donors (Lipinski definition) is 2. The first-order valence-electron chi connectivity index (χ1n) is 5.12. The van der Waals surface area contributed by atoms with Gasteiger partial charge in [0.05, 0.1) is 0 Å². The van der Waals surface area contributed by atoms with E-state index in [1.165, 1.54) is 5.56 Å². The Morgan fingerprint density at radius 3 is 2.40 bits per heavy atom. The van der Waals surface area contributed by atoms with Crippen LogP contribution >= 0.6 is 0 Å². The Balaban J connectivity index is 2.45. The number of benzene rings is 1. The van der Waals surface area contributed by atoms with Crippen LogP contribution in [-0.4, -0.2) is 10.2 Å². The summed E-state index contributed by atoms with van der Waals surface area (Å²) >= 11 is 0. The van der Waals surface area contributed by atoms with E-state index < -0.39 is 0 Å². The van der Waals surface area contributed by atoms with Crippen LogP contribution < -0.4 is 5.73 Å². The Kier molecular flexibility index (Phi) is 2.46. The number of nitrogen functional groups attached to an aromatic ring is 1. The summed E-state index contributed by atoms with van der Waals surface area (Å²) in [7, 11) is 0. The molecule has 0 aliphatic carbocycles. The summed E-state index contributed by atoms with van der Waals surface area (Å²) in [6.07, 6.45) is 1.06. The molecule has 3 heteroatoms. The molecule has 15 heavy (non-hydrogen) atoms. The molecule has 0 spiro atoms. The van der Waals surface area contributed by atoms with E-state index in [4.69, 9.17) is 5.73 Å². The van der Waals surface area contributed by atoms with Gasteiger partial charge in [-0.2, -0.15) is 5.10 Å². The maximum atomic E-state index is 5.80. The zero-order chi connectivity index (χ0) is 10.8. The fourth-order valence-corrected chi connectivity index (χ4v) is 1.72. The highest BCUT2D eigenvalue weighted by Crippen LogP contribution is 2.27. The van der Waals surface area contributed by atoms with Crippen LogP contribution in [0.1, 0.15) is 18.2 Å². The Morgan fingerprint density at radius 1 is 1.27 bits per heavy atom. The number of aromatic nitrogens is 2. The van der Waals surface area contributed by atoms with Gasteiger partial charge in [0, 0.05) is 11.3 Å². The van der Waals surface area contributed by atoms with Gasteiger partial charge in [0.1, 0.15) is 0 Å². The van der Waals surface area contributed by atoms with Gasteiger partial charge >= 0.3 is 0 Å². The van der Waals surface area contributed by atoms with Gasteiger partial charge in [-0.05, 0) is 24.5 Å². The molecule has 0 amide bonds. The molecule has 0 saturated carbocycles. The molecule has 0 aliphatic heterocycles. The molecule has 3 nitrogen and oxygen atoms in total. The van der Waals surface area contributed by atoms with E-state index in [-0.39, 0.29) is 0 Å². The number of rotatable bonds is 2. The largest absolute Gasteiger partial charge is 0.382 e. The van der Waals surface area contributed by atoms with Gasteiger partial charge in [-0.1, -0.05) is 31.2 Å². The number of aromatic amines is 1. The lowest BCUT2D eigenvalue weighted by atomic mass is 10.0. The zero-order valence-electron chi connectivity index (χ0n) is 9.04. The quantitative estimate of drug-likeness (QED) is 0.784. The predicted molar refractivity (Wildman–Crippen MR) is 62.6 cm³/mol. The highest BCUT2D eigenvalue weighted by atomic mass is 15.2. The monoisotopic (exact) mass is 201 g/mol. The first kappa shape index (κ1) is 9.77. The molecule has 1 heterocycles. The predicted octanol–water partition coefficient (Wildman–Crippen LogP) is 2.53. The highest BCUT2D eigenvalue weighted by Gasteiger charge is 2.08. The molecule has 78 valence electrons. The maximum absolute atomic E-state index is 5.80. The van der Waals surface area contributed by atoms with E-state index in [0.29, 0.717) is 5.82 Å². The maximum Gasteiger partial charge on any atom is 0.153 e. The van der Waals surface area contributed by atoms with Gasteiger partial charge in [-0.15, -0.1) is 0 Å². The number of hydrogen-bond acceptors (Lipinski definition) is 2. The van der Waals surface area contributed by atoms with Crippen molar-refractivity contribution in [1.29, 1.82) is 0 Å². The molecule has 0 saturated heterocycles. The van der Waals surface area contributed by atoms with Gasteiger partial charge in [-0.3, -0.25) is 5.10 Å². The average molecular weight is 201 g/mol. The molecule has 1 aromatic carbocycles. The summed E-state index contributed by atoms with van der Waals surface area (Å²) in [6.45, 7) is 4.12. The fourth-order valence-electron chi connectivity index (χ4n) is 1.72. The third kappa shape index (κ3) is 1.73. The second kappa shape index (κ2) is 3.77. The van der Waals surface area contributed by atoms with Gasteiger partial charge in [0.2, 0.25) is 0 Å². The third-order valence-electron chi connectivity index (χ3n) is 2.63. The van der Waals surface area contributed by atoms with Crippen LogP contribution in [0.2, 0.25) is 0 Å². The average Bonchev–Trinajstić information content (AvgIpc) is 2.59. The zero-order valence-corrected chi connectivity index (χ0v) is 9.04. The smallest absolute Gasteiger partial charge is 0.153 e. The normalized spacial score (nSPS) is 10.5. The van der Waals surface area contributed by atoms with E-state index in [2.05, 4.69) is 41.4 Å². The lowest BCUT2D eigenvalue weighted by Crippen LogP contribution is -1.89. The lowest BCUT2D eigenvalue weighted by molar-refractivity contribution is 1.05. The van der Waals surface area contributed by atoms with Crippen molar-refractivity contribution in [2.24, 2.45) is 0 Å². The molecule has 0 atom stereocenters. The summed E-state index contributed by atoms with van der Waals surface area (Å²) in [4.78, 5) is 0. The second-order valence-corrected chi connectivity index (χ2v) is 3.66. The summed E-state index contributed by atoms with van der Waals surface area (Å²) in [5.41, 5.74) is 10.3. The minimum atomic E-state index is 0.566. The SMILES string of the molecule is CCc1ccc(-c2c(N)n[nH]c2C)cc1. The van der Waals surface area contributed by atoms with Crippen molar-refractivity contribution in [3.63, 3.8) is 0 Å².